The number of hydrogen-bond acceptors (Lipinski definition) is 4. The summed E-state index contributed by atoms with van der Waals surface area (Å²) in [5.74, 6) is 0. The van der Waals surface area contributed by atoms with Crippen LogP contribution in [0.15, 0.2) is 42.6 Å². The Morgan fingerprint density at radius 1 is 1.11 bits per heavy atom. The molecule has 0 bridgehead atoms. The number of pyridine rings is 1. The first-order valence-electron chi connectivity index (χ1n) is 5.91. The van der Waals surface area contributed by atoms with E-state index >= 15 is 0 Å². The van der Waals surface area contributed by atoms with Gasteiger partial charge in [-0.05, 0) is 36.2 Å². The Balaban J connectivity index is 1.89. The van der Waals surface area contributed by atoms with Gasteiger partial charge in [-0.3, -0.25) is 0 Å². The molecule has 4 nitrogen and oxygen atoms in total. The van der Waals surface area contributed by atoms with Gasteiger partial charge in [0.15, 0.2) is 0 Å². The third kappa shape index (κ3) is 3.55. The molecule has 0 fully saturated rings. The molecule has 92 valence electrons. The molecule has 1 aromatic carbocycles. The van der Waals surface area contributed by atoms with E-state index in [0.717, 1.165) is 24.2 Å². The maximum absolute atomic E-state index is 8.81. The largest absolute Gasteiger partial charge is 0.383 e. The SMILES string of the molecule is N#Cc1cccc(CCNc2ccc(C#N)nc2)c1. The van der Waals surface area contributed by atoms with Gasteiger partial charge in [-0.1, -0.05) is 12.1 Å². The minimum absolute atomic E-state index is 0.410. The predicted molar refractivity (Wildman–Crippen MR) is 72.3 cm³/mol. The second kappa shape index (κ2) is 6.18. The summed E-state index contributed by atoms with van der Waals surface area (Å²) in [6.07, 6.45) is 2.47. The fourth-order valence-electron chi connectivity index (χ4n) is 1.71. The molecule has 0 aliphatic rings. The first-order valence-corrected chi connectivity index (χ1v) is 5.91. The van der Waals surface area contributed by atoms with Crippen LogP contribution in [0.1, 0.15) is 16.8 Å². The van der Waals surface area contributed by atoms with Crippen molar-refractivity contribution < 1.29 is 0 Å². The third-order valence-electron chi connectivity index (χ3n) is 2.68. The molecule has 0 spiro atoms. The molecule has 0 atom stereocenters. The molecule has 0 unspecified atom stereocenters. The second-order valence-corrected chi connectivity index (χ2v) is 4.03. The van der Waals surface area contributed by atoms with Gasteiger partial charge in [0.2, 0.25) is 0 Å². The van der Waals surface area contributed by atoms with Gasteiger partial charge in [-0.2, -0.15) is 10.5 Å². The number of aromatic nitrogens is 1. The molecule has 0 radical (unpaired) electrons. The quantitative estimate of drug-likeness (QED) is 0.902. The molecule has 1 heterocycles. The number of anilines is 1. The molecule has 1 N–H and O–H groups in total. The van der Waals surface area contributed by atoms with Crippen LogP contribution in [-0.4, -0.2) is 11.5 Å². The van der Waals surface area contributed by atoms with Crippen LogP contribution in [-0.2, 0) is 6.42 Å². The van der Waals surface area contributed by atoms with Gasteiger partial charge in [0.25, 0.3) is 0 Å². The Morgan fingerprint density at radius 2 is 2.00 bits per heavy atom. The normalized spacial score (nSPS) is 9.37. The Morgan fingerprint density at radius 3 is 2.68 bits per heavy atom. The minimum atomic E-state index is 0.410. The maximum atomic E-state index is 8.81. The van der Waals surface area contributed by atoms with Gasteiger partial charge in [-0.25, -0.2) is 4.98 Å². The van der Waals surface area contributed by atoms with E-state index in [0.29, 0.717) is 11.3 Å². The van der Waals surface area contributed by atoms with Crippen LogP contribution >= 0.6 is 0 Å². The molecule has 2 rings (SSSR count). The summed E-state index contributed by atoms with van der Waals surface area (Å²) in [5, 5.41) is 20.7. The van der Waals surface area contributed by atoms with Crippen LogP contribution in [0.4, 0.5) is 5.69 Å². The second-order valence-electron chi connectivity index (χ2n) is 4.03. The van der Waals surface area contributed by atoms with E-state index in [1.54, 1.807) is 18.3 Å². The smallest absolute Gasteiger partial charge is 0.140 e. The number of rotatable bonds is 4. The summed E-state index contributed by atoms with van der Waals surface area (Å²) < 4.78 is 0. The number of hydrogen-bond donors (Lipinski definition) is 1. The average molecular weight is 248 g/mol. The highest BCUT2D eigenvalue weighted by atomic mass is 14.9. The molecule has 0 aliphatic heterocycles. The van der Waals surface area contributed by atoms with Crippen molar-refractivity contribution in [3.63, 3.8) is 0 Å². The Hall–Kier alpha value is -2.85. The summed E-state index contributed by atoms with van der Waals surface area (Å²) >= 11 is 0. The van der Waals surface area contributed by atoms with Gasteiger partial charge in [0.05, 0.1) is 23.5 Å². The third-order valence-corrected chi connectivity index (χ3v) is 2.68. The van der Waals surface area contributed by atoms with E-state index in [1.807, 2.05) is 30.3 Å². The molecule has 0 saturated heterocycles. The predicted octanol–water partition coefficient (Wildman–Crippen LogP) is 2.48. The minimum Gasteiger partial charge on any atom is -0.383 e. The van der Waals surface area contributed by atoms with Crippen LogP contribution in [0.2, 0.25) is 0 Å². The zero-order chi connectivity index (χ0) is 13.5. The standard InChI is InChI=1S/C15H12N4/c16-9-13-3-1-2-12(8-13)6-7-18-15-5-4-14(10-17)19-11-15/h1-5,8,11,18H,6-7H2. The first kappa shape index (κ1) is 12.6. The number of nitrogens with zero attached hydrogens (tertiary/aromatic N) is 3. The number of nitrogens with one attached hydrogen (secondary N) is 1. The molecule has 2 aromatic rings. The van der Waals surface area contributed by atoms with E-state index in [-0.39, 0.29) is 0 Å². The zero-order valence-corrected chi connectivity index (χ0v) is 10.3. The lowest BCUT2D eigenvalue weighted by Crippen LogP contribution is -2.05. The molecule has 0 saturated carbocycles. The summed E-state index contributed by atoms with van der Waals surface area (Å²) in [6.45, 7) is 0.752. The van der Waals surface area contributed by atoms with Crippen LogP contribution in [0, 0.1) is 22.7 Å². The summed E-state index contributed by atoms with van der Waals surface area (Å²) in [7, 11) is 0. The van der Waals surface area contributed by atoms with Crippen LogP contribution < -0.4 is 5.32 Å². The topological polar surface area (TPSA) is 72.5 Å². The molecular weight excluding hydrogens is 236 g/mol. The zero-order valence-electron chi connectivity index (χ0n) is 10.3. The van der Waals surface area contributed by atoms with Crippen molar-refractivity contribution in [1.29, 1.82) is 10.5 Å². The van der Waals surface area contributed by atoms with Crippen LogP contribution in [0.5, 0.6) is 0 Å². The van der Waals surface area contributed by atoms with Gasteiger partial charge >= 0.3 is 0 Å². The van der Waals surface area contributed by atoms with Crippen molar-refractivity contribution in [3.05, 3.63) is 59.4 Å². The highest BCUT2D eigenvalue weighted by Gasteiger charge is 1.97. The van der Waals surface area contributed by atoms with Gasteiger partial charge in [0, 0.05) is 6.54 Å². The fraction of sp³-hybridized carbons (Fsp3) is 0.133. The molecule has 0 amide bonds. The number of benzene rings is 1. The van der Waals surface area contributed by atoms with Crippen LogP contribution in [0.25, 0.3) is 0 Å². The van der Waals surface area contributed by atoms with Crippen molar-refractivity contribution in [1.82, 2.24) is 4.98 Å². The Bertz CT molecular complexity index is 632. The highest BCUT2D eigenvalue weighted by molar-refractivity contribution is 5.43. The molecular formula is C15H12N4. The molecule has 19 heavy (non-hydrogen) atoms. The van der Waals surface area contributed by atoms with Crippen molar-refractivity contribution >= 4 is 5.69 Å². The summed E-state index contributed by atoms with van der Waals surface area (Å²) in [5.41, 5.74) is 3.09. The van der Waals surface area contributed by atoms with Crippen molar-refractivity contribution in [2.24, 2.45) is 0 Å². The Labute approximate surface area is 112 Å². The van der Waals surface area contributed by atoms with E-state index < -0.39 is 0 Å². The van der Waals surface area contributed by atoms with Gasteiger partial charge < -0.3 is 5.32 Å². The average Bonchev–Trinajstić information content (AvgIpc) is 2.48. The molecule has 0 aliphatic carbocycles. The van der Waals surface area contributed by atoms with Gasteiger partial charge in [0.1, 0.15) is 11.8 Å². The van der Waals surface area contributed by atoms with Crippen molar-refractivity contribution in [2.45, 2.75) is 6.42 Å². The van der Waals surface area contributed by atoms with E-state index in [2.05, 4.69) is 16.4 Å². The van der Waals surface area contributed by atoms with Crippen LogP contribution in [0.3, 0.4) is 0 Å². The summed E-state index contributed by atoms with van der Waals surface area (Å²) in [4.78, 5) is 3.98. The monoisotopic (exact) mass is 248 g/mol. The highest BCUT2D eigenvalue weighted by Crippen LogP contribution is 2.08. The van der Waals surface area contributed by atoms with Crippen molar-refractivity contribution in [3.8, 4) is 12.1 Å². The van der Waals surface area contributed by atoms with E-state index in [9.17, 15) is 0 Å². The Kier molecular flexibility index (Phi) is 4.10. The lowest BCUT2D eigenvalue weighted by molar-refractivity contribution is 1.01. The molecule has 1 aromatic heterocycles. The number of nitriles is 2. The summed E-state index contributed by atoms with van der Waals surface area (Å²) in [6, 6.07) is 15.2. The van der Waals surface area contributed by atoms with Crippen molar-refractivity contribution in [2.75, 3.05) is 11.9 Å². The lowest BCUT2D eigenvalue weighted by Gasteiger charge is -2.06. The molecule has 4 heteroatoms. The lowest BCUT2D eigenvalue weighted by atomic mass is 10.1. The van der Waals surface area contributed by atoms with E-state index in [1.165, 1.54) is 0 Å². The maximum Gasteiger partial charge on any atom is 0.140 e. The van der Waals surface area contributed by atoms with Gasteiger partial charge in [-0.15, -0.1) is 0 Å². The van der Waals surface area contributed by atoms with E-state index in [4.69, 9.17) is 10.5 Å². The fourth-order valence-corrected chi connectivity index (χ4v) is 1.71. The first-order chi connectivity index (χ1) is 9.31.